The highest BCUT2D eigenvalue weighted by Gasteiger charge is 2.44. The maximum absolute atomic E-state index is 13.0. The van der Waals surface area contributed by atoms with Crippen LogP contribution in [0, 0.1) is 6.92 Å². The molecule has 4 atom stereocenters. The Morgan fingerprint density at radius 3 is 2.75 bits per heavy atom. The predicted molar refractivity (Wildman–Crippen MR) is 120 cm³/mol. The third-order valence-electron chi connectivity index (χ3n) is 5.14. The topological polar surface area (TPSA) is 118 Å². The number of rotatable bonds is 8. The molecule has 32 heavy (non-hydrogen) atoms. The number of likely N-dealkylation sites (tertiary alicyclic amines) is 1. The van der Waals surface area contributed by atoms with E-state index in [1.165, 1.54) is 11.0 Å². The third-order valence-corrected chi connectivity index (χ3v) is 6.60. The summed E-state index contributed by atoms with van der Waals surface area (Å²) in [5, 5.41) is 2.91. The van der Waals surface area contributed by atoms with Gasteiger partial charge >= 0.3 is 14.3 Å². The van der Waals surface area contributed by atoms with Crippen LogP contribution in [0.25, 0.3) is 10.4 Å². The summed E-state index contributed by atoms with van der Waals surface area (Å²) in [5.74, 6) is -0.394. The minimum absolute atomic E-state index is 0.00849. The fourth-order valence-electron chi connectivity index (χ4n) is 3.56. The number of amides is 2. The Kier molecular flexibility index (Phi) is 8.09. The molecule has 0 bridgehead atoms. The number of carbonyl (C=O) groups excluding carboxylic acids is 2. The zero-order valence-corrected chi connectivity index (χ0v) is 19.5. The van der Waals surface area contributed by atoms with Crippen LogP contribution in [0.5, 0.6) is 0 Å². The summed E-state index contributed by atoms with van der Waals surface area (Å²) in [6, 6.07) is 6.64. The summed E-state index contributed by atoms with van der Waals surface area (Å²) >= 11 is 1.57. The summed E-state index contributed by atoms with van der Waals surface area (Å²) in [5.41, 5.74) is 4.72. The number of carbonyl (C=O) groups is 2. The molecule has 0 aliphatic carbocycles. The fourth-order valence-corrected chi connectivity index (χ4v) is 4.78. The Bertz CT molecular complexity index is 996. The second-order valence-electron chi connectivity index (χ2n) is 7.35. The van der Waals surface area contributed by atoms with Gasteiger partial charge in [-0.3, -0.25) is 9.69 Å². The van der Waals surface area contributed by atoms with E-state index >= 15 is 0 Å². The molecule has 1 aromatic heterocycles. The van der Waals surface area contributed by atoms with Crippen LogP contribution in [-0.2, 0) is 18.6 Å². The quantitative estimate of drug-likeness (QED) is 0.438. The van der Waals surface area contributed by atoms with Crippen molar-refractivity contribution in [3.05, 3.63) is 53.7 Å². The number of thiazole rings is 1. The maximum atomic E-state index is 13.0. The first-order valence-electron chi connectivity index (χ1n) is 9.98. The zero-order valence-electron chi connectivity index (χ0n) is 17.8. The molecular formula is C21H25N3O6PS+. The predicted octanol–water partition coefficient (Wildman–Crippen LogP) is 3.73. The van der Waals surface area contributed by atoms with Crippen molar-refractivity contribution in [1.82, 2.24) is 15.2 Å². The Balaban J connectivity index is 1.68. The van der Waals surface area contributed by atoms with E-state index in [1.54, 1.807) is 16.8 Å². The van der Waals surface area contributed by atoms with Gasteiger partial charge in [0.05, 0.1) is 28.7 Å². The van der Waals surface area contributed by atoms with Crippen LogP contribution in [0.1, 0.15) is 30.6 Å². The minimum atomic E-state index is -2.85. The number of ether oxygens (including phenoxy) is 1. The molecule has 11 heteroatoms. The lowest BCUT2D eigenvalue weighted by molar-refractivity contribution is -0.125. The smallest absolute Gasteiger partial charge is 0.445 e. The van der Waals surface area contributed by atoms with Crippen LogP contribution in [0.3, 0.4) is 0 Å². The third kappa shape index (κ3) is 5.77. The minimum Gasteiger partial charge on any atom is -0.445 e. The van der Waals surface area contributed by atoms with Gasteiger partial charge in [-0.15, -0.1) is 20.8 Å². The molecule has 0 radical (unpaired) electrons. The lowest BCUT2D eigenvalue weighted by atomic mass is 10.0. The molecular weight excluding hydrogens is 453 g/mol. The summed E-state index contributed by atoms with van der Waals surface area (Å²) in [4.78, 5) is 41.0. The molecule has 1 aromatic carbocycles. The number of aromatic nitrogens is 1. The normalized spacial score (nSPS) is 19.3. The van der Waals surface area contributed by atoms with Gasteiger partial charge in [0.2, 0.25) is 5.91 Å². The lowest BCUT2D eigenvalue weighted by Crippen LogP contribution is -2.46. The summed E-state index contributed by atoms with van der Waals surface area (Å²) in [7, 11) is -2.85. The Morgan fingerprint density at radius 2 is 2.16 bits per heavy atom. The highest BCUT2D eigenvalue weighted by molar-refractivity contribution is 7.32. The molecule has 1 unspecified atom stereocenters. The fraction of sp³-hybridized carbons (Fsp3) is 0.381. The number of benzene rings is 1. The van der Waals surface area contributed by atoms with Gasteiger partial charge < -0.3 is 10.1 Å². The highest BCUT2D eigenvalue weighted by atomic mass is 32.1. The van der Waals surface area contributed by atoms with Crippen LogP contribution < -0.4 is 5.32 Å². The van der Waals surface area contributed by atoms with E-state index in [2.05, 4.69) is 16.9 Å². The van der Waals surface area contributed by atoms with Crippen LogP contribution in [0.2, 0.25) is 0 Å². The molecule has 2 aromatic rings. The Hall–Kier alpha value is -2.65. The maximum Gasteiger partial charge on any atom is 0.695 e. The Morgan fingerprint density at radius 1 is 1.44 bits per heavy atom. The van der Waals surface area contributed by atoms with E-state index in [0.29, 0.717) is 0 Å². The van der Waals surface area contributed by atoms with Crippen LogP contribution in [-0.4, -0.2) is 52.1 Å². The number of nitrogens with one attached hydrogen (secondary N) is 1. The van der Waals surface area contributed by atoms with Gasteiger partial charge in [0.1, 0.15) is 18.8 Å². The first-order valence-corrected chi connectivity index (χ1v) is 12.0. The largest absolute Gasteiger partial charge is 0.695 e. The first-order chi connectivity index (χ1) is 15.3. The van der Waals surface area contributed by atoms with Crippen molar-refractivity contribution in [3.8, 4) is 10.4 Å². The van der Waals surface area contributed by atoms with E-state index in [1.807, 2.05) is 38.1 Å². The molecule has 0 spiro atoms. The van der Waals surface area contributed by atoms with Gasteiger partial charge in [0.15, 0.2) is 0 Å². The molecule has 3 rings (SSSR count). The van der Waals surface area contributed by atoms with Gasteiger partial charge in [-0.25, -0.2) is 9.78 Å². The molecule has 1 fully saturated rings. The second kappa shape index (κ2) is 10.8. The first kappa shape index (κ1) is 24.0. The number of nitrogens with zero attached hydrogens (tertiary/aromatic N) is 2. The number of aryl methyl sites for hydroxylation is 1. The molecule has 2 heterocycles. The van der Waals surface area contributed by atoms with E-state index < -0.39 is 32.4 Å². The molecule has 2 amide bonds. The van der Waals surface area contributed by atoms with Gasteiger partial charge in [-0.1, -0.05) is 36.9 Å². The highest BCUT2D eigenvalue weighted by Crippen LogP contribution is 2.30. The van der Waals surface area contributed by atoms with Crippen molar-refractivity contribution < 1.29 is 28.3 Å². The number of hydrogen-bond acceptors (Lipinski definition) is 7. The molecule has 2 N–H and O–H groups in total. The van der Waals surface area contributed by atoms with E-state index in [0.717, 1.165) is 21.7 Å². The van der Waals surface area contributed by atoms with Crippen LogP contribution in [0.4, 0.5) is 4.79 Å². The molecule has 1 saturated heterocycles. The molecule has 0 saturated carbocycles. The van der Waals surface area contributed by atoms with Crippen molar-refractivity contribution in [3.63, 3.8) is 0 Å². The van der Waals surface area contributed by atoms with Crippen molar-refractivity contribution >= 4 is 31.6 Å². The van der Waals surface area contributed by atoms with Crippen molar-refractivity contribution in [2.75, 3.05) is 13.2 Å². The summed E-state index contributed by atoms with van der Waals surface area (Å²) < 4.78 is 21.0. The van der Waals surface area contributed by atoms with Crippen molar-refractivity contribution in [1.29, 1.82) is 0 Å². The van der Waals surface area contributed by atoms with Crippen LogP contribution >= 0.6 is 19.6 Å². The average molecular weight is 478 g/mol. The molecule has 9 nitrogen and oxygen atoms in total. The monoisotopic (exact) mass is 478 g/mol. The van der Waals surface area contributed by atoms with Crippen molar-refractivity contribution in [2.45, 2.75) is 38.5 Å². The SMILES string of the molecule is C=CCOC(=O)N1C[C@H](O[P+](=O)O)C[C@H]1C(=O)N[C@@H](C)c1ccc(-c2scnc2C)cc1. The number of hydrogen-bond donors (Lipinski definition) is 2. The van der Waals surface area contributed by atoms with Crippen LogP contribution in [0.15, 0.2) is 42.4 Å². The van der Waals surface area contributed by atoms with E-state index in [9.17, 15) is 14.2 Å². The average Bonchev–Trinajstić information content (AvgIpc) is 3.38. The summed E-state index contributed by atoms with van der Waals surface area (Å²) in [6.07, 6.45) is 0.0582. The Labute approximate surface area is 191 Å². The molecule has 1 aliphatic heterocycles. The van der Waals surface area contributed by atoms with Gasteiger partial charge in [-0.2, -0.15) is 0 Å². The van der Waals surface area contributed by atoms with Gasteiger partial charge in [0, 0.05) is 11.0 Å². The van der Waals surface area contributed by atoms with Crippen molar-refractivity contribution in [2.24, 2.45) is 0 Å². The van der Waals surface area contributed by atoms with E-state index in [-0.39, 0.29) is 25.6 Å². The lowest BCUT2D eigenvalue weighted by Gasteiger charge is -2.24. The standard InChI is InChI=1S/C21H24N3O6PS/c1-4-9-29-21(26)24-11-17(30-31(27)28)10-18(24)20(25)23-13(2)15-5-7-16(8-6-15)19-14(3)22-12-32-19/h4-8,12-13,17-18H,1,9-11H2,2-3H3,(H-,23,25,27,28)/p+1/t13-,17+,18-/m0/s1. The summed E-state index contributed by atoms with van der Waals surface area (Å²) in [6.45, 7) is 7.27. The van der Waals surface area contributed by atoms with E-state index in [4.69, 9.17) is 14.2 Å². The second-order valence-corrected chi connectivity index (χ2v) is 8.90. The zero-order chi connectivity index (χ0) is 23.3. The van der Waals surface area contributed by atoms with Gasteiger partial charge in [0.25, 0.3) is 0 Å². The van der Waals surface area contributed by atoms with Gasteiger partial charge in [-0.05, 0) is 25.0 Å². The molecule has 170 valence electrons. The molecule has 1 aliphatic rings.